The van der Waals surface area contributed by atoms with Crippen LogP contribution in [0, 0.1) is 0 Å². The van der Waals surface area contributed by atoms with E-state index >= 15 is 0 Å². The zero-order valence-corrected chi connectivity index (χ0v) is 20.7. The highest BCUT2D eigenvalue weighted by atomic mass is 35.5. The van der Waals surface area contributed by atoms with Crippen LogP contribution in [-0.2, 0) is 4.79 Å². The van der Waals surface area contributed by atoms with Gasteiger partial charge in [0.1, 0.15) is 17.2 Å². The van der Waals surface area contributed by atoms with Crippen LogP contribution in [0.2, 0.25) is 10.0 Å². The lowest BCUT2D eigenvalue weighted by atomic mass is 10.2. The molecule has 0 saturated heterocycles. The Hall–Kier alpha value is -4.33. The van der Waals surface area contributed by atoms with E-state index in [4.69, 9.17) is 37.4 Å². The number of benzene rings is 4. The number of carbonyl (C=O) groups excluding carboxylic acids is 2. The van der Waals surface area contributed by atoms with Gasteiger partial charge in [-0.05, 0) is 72.3 Å². The predicted molar refractivity (Wildman–Crippen MR) is 142 cm³/mol. The third-order valence-electron chi connectivity index (χ3n) is 4.82. The molecular formula is C28H20Cl2N2O5. The highest BCUT2D eigenvalue weighted by molar-refractivity contribution is 6.36. The molecule has 4 aromatic carbocycles. The van der Waals surface area contributed by atoms with Crippen LogP contribution < -0.4 is 19.6 Å². The Labute approximate surface area is 223 Å². The van der Waals surface area contributed by atoms with Crippen LogP contribution >= 0.6 is 23.2 Å². The molecule has 0 saturated carbocycles. The molecule has 0 radical (unpaired) electrons. The van der Waals surface area contributed by atoms with Gasteiger partial charge in [-0.25, -0.2) is 10.2 Å². The number of ether oxygens (including phenoxy) is 3. The summed E-state index contributed by atoms with van der Waals surface area (Å²) in [4.78, 5) is 25.1. The van der Waals surface area contributed by atoms with Crippen molar-refractivity contribution < 1.29 is 23.8 Å². The minimum Gasteiger partial charge on any atom is -0.446 e. The molecule has 0 aliphatic carbocycles. The molecule has 0 spiro atoms. The molecule has 37 heavy (non-hydrogen) atoms. The summed E-state index contributed by atoms with van der Waals surface area (Å²) in [5.41, 5.74) is 3.27. The molecule has 0 atom stereocenters. The molecule has 9 heteroatoms. The van der Waals surface area contributed by atoms with Gasteiger partial charge in [-0.15, -0.1) is 0 Å². The molecule has 0 heterocycles. The second-order valence-corrected chi connectivity index (χ2v) is 8.35. The van der Waals surface area contributed by atoms with Gasteiger partial charge in [0.2, 0.25) is 0 Å². The molecule has 1 amide bonds. The fourth-order valence-electron chi connectivity index (χ4n) is 3.04. The number of rotatable bonds is 9. The monoisotopic (exact) mass is 534 g/mol. The van der Waals surface area contributed by atoms with Crippen molar-refractivity contribution in [3.63, 3.8) is 0 Å². The molecule has 0 fully saturated rings. The number of hydrogen-bond donors (Lipinski definition) is 1. The van der Waals surface area contributed by atoms with E-state index in [0.717, 1.165) is 0 Å². The largest absolute Gasteiger partial charge is 0.446 e. The lowest BCUT2D eigenvalue weighted by molar-refractivity contribution is -0.140. The Kier molecular flexibility index (Phi) is 8.75. The fourth-order valence-corrected chi connectivity index (χ4v) is 3.52. The maximum atomic E-state index is 12.7. The van der Waals surface area contributed by atoms with E-state index in [1.165, 1.54) is 18.3 Å². The van der Waals surface area contributed by atoms with E-state index in [0.29, 0.717) is 27.8 Å². The summed E-state index contributed by atoms with van der Waals surface area (Å²) in [7, 11) is 0. The van der Waals surface area contributed by atoms with Gasteiger partial charge < -0.3 is 14.2 Å². The Morgan fingerprint density at radius 2 is 1.35 bits per heavy atom. The van der Waals surface area contributed by atoms with Crippen LogP contribution in [0.25, 0.3) is 0 Å². The third kappa shape index (κ3) is 7.57. The van der Waals surface area contributed by atoms with Crippen LogP contribution in [0.5, 0.6) is 17.2 Å². The molecule has 0 aliphatic rings. The average molecular weight is 535 g/mol. The van der Waals surface area contributed by atoms with Gasteiger partial charge in [-0.1, -0.05) is 59.6 Å². The van der Waals surface area contributed by atoms with E-state index in [9.17, 15) is 9.59 Å². The molecule has 0 unspecified atom stereocenters. The normalized spacial score (nSPS) is 10.8. The van der Waals surface area contributed by atoms with Crippen LogP contribution in [0.1, 0.15) is 15.9 Å². The quantitative estimate of drug-likeness (QED) is 0.0914. The minimum absolute atomic E-state index is 0.197. The first-order valence-electron chi connectivity index (χ1n) is 11.0. The van der Waals surface area contributed by atoms with Crippen molar-refractivity contribution in [3.05, 3.63) is 124 Å². The average Bonchev–Trinajstić information content (AvgIpc) is 2.90. The molecule has 1 N–H and O–H groups in total. The van der Waals surface area contributed by atoms with Crippen LogP contribution in [0.4, 0.5) is 0 Å². The summed E-state index contributed by atoms with van der Waals surface area (Å²) in [5, 5.41) is 4.60. The summed E-state index contributed by atoms with van der Waals surface area (Å²) < 4.78 is 16.8. The zero-order valence-electron chi connectivity index (χ0n) is 19.2. The second kappa shape index (κ2) is 12.6. The predicted octanol–water partition coefficient (Wildman–Crippen LogP) is 6.15. The zero-order chi connectivity index (χ0) is 26.0. The fraction of sp³-hybridized carbons (Fsp3) is 0.0357. The van der Waals surface area contributed by atoms with Crippen LogP contribution in [0.15, 0.2) is 108 Å². The van der Waals surface area contributed by atoms with Crippen LogP contribution in [0.3, 0.4) is 0 Å². The number of para-hydroxylation sites is 2. The van der Waals surface area contributed by atoms with E-state index < -0.39 is 18.2 Å². The van der Waals surface area contributed by atoms with Gasteiger partial charge in [0.25, 0.3) is 0 Å². The van der Waals surface area contributed by atoms with Crippen molar-refractivity contribution in [2.75, 3.05) is 0 Å². The van der Waals surface area contributed by atoms with Gasteiger partial charge in [0.15, 0.2) is 0 Å². The summed E-state index contributed by atoms with van der Waals surface area (Å²) in [6.07, 6.45) is 0.158. The smallest absolute Gasteiger partial charge is 0.345 e. The molecule has 7 nitrogen and oxygen atoms in total. The van der Waals surface area contributed by atoms with Crippen molar-refractivity contribution in [1.29, 1.82) is 0 Å². The Morgan fingerprint density at radius 3 is 1.92 bits per heavy atom. The number of nitrogens with one attached hydrogen (secondary N) is 1. The molecule has 186 valence electrons. The van der Waals surface area contributed by atoms with Gasteiger partial charge in [-0.3, -0.25) is 4.79 Å². The number of esters is 1. The third-order valence-corrected chi connectivity index (χ3v) is 5.36. The molecule has 0 bridgehead atoms. The molecule has 0 aromatic heterocycles. The molecule has 4 aromatic rings. The Morgan fingerprint density at radius 1 is 0.757 bits per heavy atom. The standard InChI is InChI=1S/C28H20Cl2N2O5/c29-20-13-16-24(25(30)17-20)27(34)35-23-14-11-19(12-15-23)18-31-32-26(33)28(36-21-7-3-1-4-8-21)37-22-9-5-2-6-10-22/h1-18,28H,(H,32,33)/b31-18-. The number of nitrogens with zero attached hydrogens (tertiary/aromatic N) is 1. The topological polar surface area (TPSA) is 86.2 Å². The van der Waals surface area contributed by atoms with E-state index in [-0.39, 0.29) is 10.6 Å². The van der Waals surface area contributed by atoms with Gasteiger partial charge in [0.05, 0.1) is 16.8 Å². The lowest BCUT2D eigenvalue weighted by Crippen LogP contribution is -2.40. The number of carbonyl (C=O) groups is 2. The summed E-state index contributed by atoms with van der Waals surface area (Å²) in [5.74, 6) is 0.0255. The van der Waals surface area contributed by atoms with Crippen LogP contribution in [-0.4, -0.2) is 24.4 Å². The van der Waals surface area contributed by atoms with Gasteiger partial charge in [-0.2, -0.15) is 5.10 Å². The summed E-state index contributed by atoms with van der Waals surface area (Å²) in [6, 6.07) is 28.7. The Balaban J connectivity index is 1.36. The number of hydrazone groups is 1. The second-order valence-electron chi connectivity index (χ2n) is 7.51. The molecule has 4 rings (SSSR count). The van der Waals surface area contributed by atoms with Gasteiger partial charge >= 0.3 is 18.2 Å². The maximum Gasteiger partial charge on any atom is 0.345 e. The maximum absolute atomic E-state index is 12.7. The van der Waals surface area contributed by atoms with Crippen molar-refractivity contribution in [3.8, 4) is 17.2 Å². The van der Waals surface area contributed by atoms with E-state index in [2.05, 4.69) is 10.5 Å². The summed E-state index contributed by atoms with van der Waals surface area (Å²) >= 11 is 11.9. The first-order chi connectivity index (χ1) is 18.0. The summed E-state index contributed by atoms with van der Waals surface area (Å²) in [6.45, 7) is 0. The first-order valence-corrected chi connectivity index (χ1v) is 11.8. The van der Waals surface area contributed by atoms with E-state index in [1.807, 2.05) is 12.1 Å². The van der Waals surface area contributed by atoms with Crippen molar-refractivity contribution >= 4 is 41.3 Å². The Bertz CT molecular complexity index is 1340. The lowest BCUT2D eigenvalue weighted by Gasteiger charge is -2.18. The van der Waals surface area contributed by atoms with Crippen molar-refractivity contribution in [2.45, 2.75) is 6.29 Å². The first kappa shape index (κ1) is 25.8. The van der Waals surface area contributed by atoms with Crippen molar-refractivity contribution in [2.24, 2.45) is 5.10 Å². The van der Waals surface area contributed by atoms with Gasteiger partial charge in [0, 0.05) is 5.02 Å². The number of halogens is 2. The number of amides is 1. The number of hydrogen-bond acceptors (Lipinski definition) is 6. The minimum atomic E-state index is -1.27. The van der Waals surface area contributed by atoms with E-state index in [1.54, 1.807) is 78.9 Å². The highest BCUT2D eigenvalue weighted by Crippen LogP contribution is 2.23. The molecule has 0 aliphatic heterocycles. The van der Waals surface area contributed by atoms with Crippen molar-refractivity contribution in [1.82, 2.24) is 5.43 Å². The molecular weight excluding hydrogens is 515 g/mol. The SMILES string of the molecule is O=C(Oc1ccc(/C=N\NC(=O)C(Oc2ccccc2)Oc2ccccc2)cc1)c1ccc(Cl)cc1Cl. The highest BCUT2D eigenvalue weighted by Gasteiger charge is 2.22.